The Kier molecular flexibility index (Phi) is 5.68. The number of halogens is 1. The molecule has 1 aromatic rings. The molecule has 0 atom stereocenters. The molecule has 0 radical (unpaired) electrons. The van der Waals surface area contributed by atoms with Crippen LogP contribution in [-0.2, 0) is 7.05 Å². The van der Waals surface area contributed by atoms with E-state index in [0.29, 0.717) is 5.56 Å². The minimum atomic E-state index is 0.0643. The molecule has 0 unspecified atom stereocenters. The summed E-state index contributed by atoms with van der Waals surface area (Å²) in [4.78, 5) is 13.9. The normalized spacial score (nSPS) is 10.6. The highest BCUT2D eigenvalue weighted by Gasteiger charge is 2.16. The second-order valence-electron chi connectivity index (χ2n) is 4.24. The molecule has 5 heteroatoms. The van der Waals surface area contributed by atoms with Crippen LogP contribution in [0.5, 0.6) is 0 Å². The molecular weight excluding hydrogens is 282 g/mol. The van der Waals surface area contributed by atoms with Crippen molar-refractivity contribution in [1.82, 2.24) is 14.7 Å². The Balaban J connectivity index is 2.49. The molecule has 1 aromatic heterocycles. The predicted molar refractivity (Wildman–Crippen MR) is 72.6 cm³/mol. The van der Waals surface area contributed by atoms with Gasteiger partial charge in [0.05, 0.1) is 11.8 Å². The van der Waals surface area contributed by atoms with Crippen LogP contribution in [0.3, 0.4) is 0 Å². The van der Waals surface area contributed by atoms with Gasteiger partial charge in [0.25, 0.3) is 5.91 Å². The molecule has 0 aliphatic rings. The van der Waals surface area contributed by atoms with E-state index in [1.54, 1.807) is 15.8 Å². The first-order valence-electron chi connectivity index (χ1n) is 5.88. The van der Waals surface area contributed by atoms with Crippen molar-refractivity contribution in [3.05, 3.63) is 17.5 Å². The number of aryl methyl sites for hydroxylation is 1. The van der Waals surface area contributed by atoms with E-state index in [2.05, 4.69) is 21.0 Å². The maximum Gasteiger partial charge on any atom is 0.257 e. The Morgan fingerprint density at radius 3 is 2.71 bits per heavy atom. The highest BCUT2D eigenvalue weighted by molar-refractivity contribution is 9.09. The molecule has 1 amide bonds. The third-order valence-corrected chi connectivity index (χ3v) is 3.50. The third kappa shape index (κ3) is 3.84. The van der Waals surface area contributed by atoms with Crippen LogP contribution in [0.1, 0.15) is 35.3 Å². The predicted octanol–water partition coefficient (Wildman–Crippen LogP) is 2.37. The molecule has 0 aliphatic carbocycles. The van der Waals surface area contributed by atoms with Crippen molar-refractivity contribution in [3.63, 3.8) is 0 Å². The molecule has 0 spiro atoms. The lowest BCUT2D eigenvalue weighted by Gasteiger charge is -2.16. The number of unbranched alkanes of at least 4 members (excludes halogenated alkanes) is 2. The van der Waals surface area contributed by atoms with Crippen LogP contribution in [0.15, 0.2) is 6.20 Å². The fourth-order valence-corrected chi connectivity index (χ4v) is 2.03. The standard InChI is InChI=1S/C12H20BrN3O/c1-10-11(9-14-16(10)3)12(17)15(2)8-6-4-5-7-13/h9H,4-8H2,1-3H3. The van der Waals surface area contributed by atoms with Crippen LogP contribution >= 0.6 is 15.9 Å². The zero-order valence-corrected chi connectivity index (χ0v) is 12.3. The van der Waals surface area contributed by atoms with Crippen LogP contribution < -0.4 is 0 Å². The molecule has 0 bridgehead atoms. The lowest BCUT2D eigenvalue weighted by molar-refractivity contribution is 0.0792. The van der Waals surface area contributed by atoms with Gasteiger partial charge in [0.2, 0.25) is 0 Å². The molecule has 4 nitrogen and oxygen atoms in total. The Labute approximate surface area is 111 Å². The van der Waals surface area contributed by atoms with Gasteiger partial charge in [-0.05, 0) is 19.8 Å². The molecule has 1 heterocycles. The van der Waals surface area contributed by atoms with Crippen molar-refractivity contribution >= 4 is 21.8 Å². The molecule has 0 fully saturated rings. The molecule has 1 rings (SSSR count). The molecule has 96 valence electrons. The second kappa shape index (κ2) is 6.79. The highest BCUT2D eigenvalue weighted by Crippen LogP contribution is 2.09. The zero-order valence-electron chi connectivity index (χ0n) is 10.7. The number of nitrogens with zero attached hydrogens (tertiary/aromatic N) is 3. The lowest BCUT2D eigenvalue weighted by atomic mass is 10.2. The van der Waals surface area contributed by atoms with Gasteiger partial charge < -0.3 is 4.90 Å². The number of amides is 1. The Morgan fingerprint density at radius 1 is 1.47 bits per heavy atom. The topological polar surface area (TPSA) is 38.1 Å². The van der Waals surface area contributed by atoms with Gasteiger partial charge in [-0.1, -0.05) is 22.4 Å². The maximum absolute atomic E-state index is 12.1. The summed E-state index contributed by atoms with van der Waals surface area (Å²) < 4.78 is 1.73. The van der Waals surface area contributed by atoms with Crippen molar-refractivity contribution in [2.45, 2.75) is 26.2 Å². The van der Waals surface area contributed by atoms with Gasteiger partial charge in [-0.3, -0.25) is 9.48 Å². The van der Waals surface area contributed by atoms with E-state index < -0.39 is 0 Å². The van der Waals surface area contributed by atoms with Crippen molar-refractivity contribution in [1.29, 1.82) is 0 Å². The highest BCUT2D eigenvalue weighted by atomic mass is 79.9. The van der Waals surface area contributed by atoms with Gasteiger partial charge in [-0.2, -0.15) is 5.10 Å². The number of hydrogen-bond donors (Lipinski definition) is 0. The summed E-state index contributed by atoms with van der Waals surface area (Å²) in [5, 5.41) is 5.13. The van der Waals surface area contributed by atoms with Crippen LogP contribution in [0, 0.1) is 6.92 Å². The van der Waals surface area contributed by atoms with Crippen LogP contribution in [-0.4, -0.2) is 39.5 Å². The van der Waals surface area contributed by atoms with Gasteiger partial charge in [0.1, 0.15) is 0 Å². The smallest absolute Gasteiger partial charge is 0.257 e. The summed E-state index contributed by atoms with van der Waals surface area (Å²) in [6.45, 7) is 2.72. The number of rotatable bonds is 6. The van der Waals surface area contributed by atoms with Gasteiger partial charge >= 0.3 is 0 Å². The summed E-state index contributed by atoms with van der Waals surface area (Å²) in [7, 11) is 3.70. The van der Waals surface area contributed by atoms with E-state index in [-0.39, 0.29) is 5.91 Å². The first kappa shape index (κ1) is 14.2. The van der Waals surface area contributed by atoms with E-state index in [1.165, 1.54) is 0 Å². The van der Waals surface area contributed by atoms with Gasteiger partial charge in [-0.15, -0.1) is 0 Å². The Bertz CT molecular complexity index is 376. The van der Waals surface area contributed by atoms with Crippen molar-refractivity contribution in [2.24, 2.45) is 7.05 Å². The van der Waals surface area contributed by atoms with E-state index in [4.69, 9.17) is 0 Å². The van der Waals surface area contributed by atoms with Crippen LogP contribution in [0.4, 0.5) is 0 Å². The summed E-state index contributed by atoms with van der Waals surface area (Å²) in [6.07, 6.45) is 5.00. The minimum Gasteiger partial charge on any atom is -0.342 e. The van der Waals surface area contributed by atoms with Crippen LogP contribution in [0.2, 0.25) is 0 Å². The maximum atomic E-state index is 12.1. The lowest BCUT2D eigenvalue weighted by Crippen LogP contribution is -2.28. The van der Waals surface area contributed by atoms with E-state index in [1.807, 2.05) is 21.0 Å². The van der Waals surface area contributed by atoms with Crippen LogP contribution in [0.25, 0.3) is 0 Å². The average Bonchev–Trinajstić information content (AvgIpc) is 2.64. The second-order valence-corrected chi connectivity index (χ2v) is 5.04. The molecular formula is C12H20BrN3O. The Morgan fingerprint density at radius 2 is 2.18 bits per heavy atom. The first-order chi connectivity index (χ1) is 8.07. The minimum absolute atomic E-state index is 0.0643. The van der Waals surface area contributed by atoms with Crippen molar-refractivity contribution < 1.29 is 4.79 Å². The SMILES string of the molecule is Cc1c(C(=O)N(C)CCCCCBr)cnn1C. The third-order valence-electron chi connectivity index (χ3n) is 2.94. The van der Waals surface area contributed by atoms with Gasteiger partial charge in [-0.25, -0.2) is 0 Å². The zero-order chi connectivity index (χ0) is 12.8. The summed E-state index contributed by atoms with van der Waals surface area (Å²) in [5.74, 6) is 0.0643. The number of alkyl halides is 1. The molecule has 0 N–H and O–H groups in total. The number of hydrogen-bond acceptors (Lipinski definition) is 2. The van der Waals surface area contributed by atoms with Crippen molar-refractivity contribution in [2.75, 3.05) is 18.9 Å². The van der Waals surface area contributed by atoms with Gasteiger partial charge in [0, 0.05) is 31.7 Å². The summed E-state index contributed by atoms with van der Waals surface area (Å²) in [5.41, 5.74) is 1.62. The van der Waals surface area contributed by atoms with E-state index in [0.717, 1.165) is 36.8 Å². The Hall–Kier alpha value is -0.840. The largest absolute Gasteiger partial charge is 0.342 e. The first-order valence-corrected chi connectivity index (χ1v) is 7.00. The number of carbonyl (C=O) groups excluding carboxylic acids is 1. The van der Waals surface area contributed by atoms with Crippen molar-refractivity contribution in [3.8, 4) is 0 Å². The monoisotopic (exact) mass is 301 g/mol. The van der Waals surface area contributed by atoms with E-state index >= 15 is 0 Å². The summed E-state index contributed by atoms with van der Waals surface area (Å²) >= 11 is 3.40. The number of aromatic nitrogens is 2. The molecule has 0 saturated heterocycles. The summed E-state index contributed by atoms with van der Waals surface area (Å²) in [6, 6.07) is 0. The van der Waals surface area contributed by atoms with Gasteiger partial charge in [0.15, 0.2) is 0 Å². The number of carbonyl (C=O) groups is 1. The fraction of sp³-hybridized carbons (Fsp3) is 0.667. The molecule has 0 aromatic carbocycles. The fourth-order valence-electron chi connectivity index (χ4n) is 1.64. The molecule has 0 aliphatic heterocycles. The average molecular weight is 302 g/mol. The molecule has 0 saturated carbocycles. The quantitative estimate of drug-likeness (QED) is 0.598. The molecule has 17 heavy (non-hydrogen) atoms. The van der Waals surface area contributed by atoms with E-state index in [9.17, 15) is 4.79 Å².